The molecule has 0 amide bonds. The van der Waals surface area contributed by atoms with Crippen molar-refractivity contribution in [1.29, 1.82) is 0 Å². The molecule has 0 aliphatic rings. The van der Waals surface area contributed by atoms with E-state index in [1.54, 1.807) is 0 Å². The van der Waals surface area contributed by atoms with Crippen molar-refractivity contribution in [3.05, 3.63) is 58.3 Å². The third-order valence-corrected chi connectivity index (χ3v) is 3.41. The van der Waals surface area contributed by atoms with Gasteiger partial charge < -0.3 is 4.90 Å². The summed E-state index contributed by atoms with van der Waals surface area (Å²) in [5, 5.41) is 0. The first kappa shape index (κ1) is 13.1. The van der Waals surface area contributed by atoms with Gasteiger partial charge in [0.1, 0.15) is 0 Å². The lowest BCUT2D eigenvalue weighted by Crippen LogP contribution is -2.22. The van der Waals surface area contributed by atoms with Crippen LogP contribution in [0.15, 0.2) is 47.2 Å². The second-order valence-electron chi connectivity index (χ2n) is 4.31. The molecule has 0 aliphatic heterocycles. The van der Waals surface area contributed by atoms with Crippen molar-refractivity contribution in [2.75, 3.05) is 11.4 Å². The fourth-order valence-corrected chi connectivity index (χ4v) is 2.46. The van der Waals surface area contributed by atoms with Gasteiger partial charge in [-0.3, -0.25) is 4.98 Å². The zero-order chi connectivity index (χ0) is 13.0. The molecular weight excluding hydrogens is 288 g/mol. The minimum Gasteiger partial charge on any atom is -0.367 e. The van der Waals surface area contributed by atoms with Gasteiger partial charge in [0, 0.05) is 35.6 Å². The van der Waals surface area contributed by atoms with E-state index in [-0.39, 0.29) is 0 Å². The molecule has 0 fully saturated rings. The fourth-order valence-electron chi connectivity index (χ4n) is 2.05. The number of pyridine rings is 1. The molecule has 0 spiro atoms. The number of hydrogen-bond donors (Lipinski definition) is 0. The van der Waals surface area contributed by atoms with Gasteiger partial charge in [-0.1, -0.05) is 18.2 Å². The molecule has 0 radical (unpaired) electrons. The van der Waals surface area contributed by atoms with Gasteiger partial charge in [0.15, 0.2) is 0 Å². The van der Waals surface area contributed by atoms with Gasteiger partial charge in [-0.25, -0.2) is 0 Å². The Balaban J connectivity index is 2.23. The van der Waals surface area contributed by atoms with E-state index in [2.05, 4.69) is 70.0 Å². The molecule has 0 bridgehead atoms. The molecule has 18 heavy (non-hydrogen) atoms. The van der Waals surface area contributed by atoms with Gasteiger partial charge >= 0.3 is 0 Å². The van der Waals surface area contributed by atoms with E-state index in [9.17, 15) is 0 Å². The van der Waals surface area contributed by atoms with Crippen molar-refractivity contribution in [2.45, 2.75) is 20.4 Å². The zero-order valence-electron chi connectivity index (χ0n) is 10.7. The van der Waals surface area contributed by atoms with Gasteiger partial charge in [0.05, 0.1) is 0 Å². The molecule has 1 aromatic heterocycles. The van der Waals surface area contributed by atoms with Gasteiger partial charge in [0.25, 0.3) is 0 Å². The van der Waals surface area contributed by atoms with Crippen LogP contribution in [0.2, 0.25) is 0 Å². The number of aryl methyl sites for hydroxylation is 1. The summed E-state index contributed by atoms with van der Waals surface area (Å²) in [6.07, 6.45) is 3.74. The van der Waals surface area contributed by atoms with Crippen LogP contribution in [-0.2, 0) is 6.54 Å². The molecule has 0 unspecified atom stereocenters. The van der Waals surface area contributed by atoms with Gasteiger partial charge in [-0.2, -0.15) is 0 Å². The van der Waals surface area contributed by atoms with Gasteiger partial charge in [-0.05, 0) is 53.0 Å². The maximum absolute atomic E-state index is 4.21. The summed E-state index contributed by atoms with van der Waals surface area (Å²) >= 11 is 3.46. The summed E-state index contributed by atoms with van der Waals surface area (Å²) in [5.74, 6) is 0. The second-order valence-corrected chi connectivity index (χ2v) is 5.23. The van der Waals surface area contributed by atoms with E-state index in [0.717, 1.165) is 17.6 Å². The summed E-state index contributed by atoms with van der Waals surface area (Å²) in [6, 6.07) is 10.6. The Kier molecular flexibility index (Phi) is 4.37. The Labute approximate surface area is 117 Å². The monoisotopic (exact) mass is 304 g/mol. The molecule has 1 aromatic carbocycles. The van der Waals surface area contributed by atoms with E-state index in [1.165, 1.54) is 16.8 Å². The minimum atomic E-state index is 0.883. The summed E-state index contributed by atoms with van der Waals surface area (Å²) in [5.41, 5.74) is 3.82. The molecular formula is C15H17BrN2. The van der Waals surface area contributed by atoms with Crippen LogP contribution in [-0.4, -0.2) is 11.5 Å². The van der Waals surface area contributed by atoms with Gasteiger partial charge in [-0.15, -0.1) is 0 Å². The summed E-state index contributed by atoms with van der Waals surface area (Å²) in [4.78, 5) is 6.57. The van der Waals surface area contributed by atoms with Crippen molar-refractivity contribution in [1.82, 2.24) is 4.98 Å². The predicted octanol–water partition coefficient (Wildman–Crippen LogP) is 4.18. The standard InChI is InChI=1S/C15H17BrN2/c1-3-18(15-7-5-4-6-12(15)2)11-13-8-14(16)10-17-9-13/h4-10H,3,11H2,1-2H3. The number of rotatable bonds is 4. The Bertz CT molecular complexity index is 525. The molecule has 2 rings (SSSR count). The Hall–Kier alpha value is -1.35. The van der Waals surface area contributed by atoms with Crippen LogP contribution >= 0.6 is 15.9 Å². The topological polar surface area (TPSA) is 16.1 Å². The number of halogens is 1. The molecule has 0 aliphatic carbocycles. The van der Waals surface area contributed by atoms with Crippen LogP contribution in [0.25, 0.3) is 0 Å². The maximum Gasteiger partial charge on any atom is 0.0445 e. The predicted molar refractivity (Wildman–Crippen MR) is 79.8 cm³/mol. The Morgan fingerprint density at radius 1 is 1.22 bits per heavy atom. The molecule has 0 atom stereocenters. The van der Waals surface area contributed by atoms with E-state index in [0.29, 0.717) is 0 Å². The lowest BCUT2D eigenvalue weighted by Gasteiger charge is -2.25. The first-order chi connectivity index (χ1) is 8.70. The number of benzene rings is 1. The van der Waals surface area contributed by atoms with Crippen LogP contribution in [0, 0.1) is 6.92 Å². The van der Waals surface area contributed by atoms with Crippen molar-refractivity contribution in [3.8, 4) is 0 Å². The van der Waals surface area contributed by atoms with E-state index >= 15 is 0 Å². The highest BCUT2D eigenvalue weighted by Crippen LogP contribution is 2.21. The molecule has 2 aromatic rings. The van der Waals surface area contributed by atoms with Crippen LogP contribution in [0.4, 0.5) is 5.69 Å². The quantitative estimate of drug-likeness (QED) is 0.842. The van der Waals surface area contributed by atoms with Crippen LogP contribution < -0.4 is 4.90 Å². The number of nitrogens with zero attached hydrogens (tertiary/aromatic N) is 2. The van der Waals surface area contributed by atoms with E-state index in [1.807, 2.05) is 12.4 Å². The Morgan fingerprint density at radius 3 is 2.67 bits per heavy atom. The van der Waals surface area contributed by atoms with E-state index < -0.39 is 0 Å². The largest absolute Gasteiger partial charge is 0.367 e. The van der Waals surface area contributed by atoms with Crippen molar-refractivity contribution in [3.63, 3.8) is 0 Å². The van der Waals surface area contributed by atoms with Crippen LogP contribution in [0.5, 0.6) is 0 Å². The maximum atomic E-state index is 4.21. The average molecular weight is 305 g/mol. The molecule has 94 valence electrons. The fraction of sp³-hybridized carbons (Fsp3) is 0.267. The third kappa shape index (κ3) is 3.10. The molecule has 0 N–H and O–H groups in total. The SMILES string of the molecule is CCN(Cc1cncc(Br)c1)c1ccccc1C. The van der Waals surface area contributed by atoms with Crippen molar-refractivity contribution >= 4 is 21.6 Å². The smallest absolute Gasteiger partial charge is 0.0445 e. The summed E-state index contributed by atoms with van der Waals surface area (Å²) < 4.78 is 1.03. The number of aromatic nitrogens is 1. The highest BCUT2D eigenvalue weighted by molar-refractivity contribution is 9.10. The van der Waals surface area contributed by atoms with Crippen LogP contribution in [0.1, 0.15) is 18.1 Å². The lowest BCUT2D eigenvalue weighted by molar-refractivity contribution is 0.823. The number of para-hydroxylation sites is 1. The number of anilines is 1. The van der Waals surface area contributed by atoms with E-state index in [4.69, 9.17) is 0 Å². The number of hydrogen-bond acceptors (Lipinski definition) is 2. The average Bonchev–Trinajstić information content (AvgIpc) is 2.37. The molecule has 3 heteroatoms. The minimum absolute atomic E-state index is 0.883. The summed E-state index contributed by atoms with van der Waals surface area (Å²) in [7, 11) is 0. The molecule has 2 nitrogen and oxygen atoms in total. The van der Waals surface area contributed by atoms with Crippen molar-refractivity contribution in [2.24, 2.45) is 0 Å². The first-order valence-electron chi connectivity index (χ1n) is 6.10. The zero-order valence-corrected chi connectivity index (χ0v) is 12.3. The summed E-state index contributed by atoms with van der Waals surface area (Å²) in [6.45, 7) is 6.19. The molecule has 1 heterocycles. The molecule has 0 saturated heterocycles. The highest BCUT2D eigenvalue weighted by atomic mass is 79.9. The Morgan fingerprint density at radius 2 is 2.00 bits per heavy atom. The highest BCUT2D eigenvalue weighted by Gasteiger charge is 2.07. The lowest BCUT2D eigenvalue weighted by atomic mass is 10.1. The first-order valence-corrected chi connectivity index (χ1v) is 6.90. The normalized spacial score (nSPS) is 10.4. The van der Waals surface area contributed by atoms with Crippen molar-refractivity contribution < 1.29 is 0 Å². The molecule has 0 saturated carbocycles. The van der Waals surface area contributed by atoms with Crippen LogP contribution in [0.3, 0.4) is 0 Å². The second kappa shape index (κ2) is 6.01. The van der Waals surface area contributed by atoms with Gasteiger partial charge in [0.2, 0.25) is 0 Å². The third-order valence-electron chi connectivity index (χ3n) is 2.97.